The van der Waals surface area contributed by atoms with E-state index < -0.39 is 0 Å². The first-order valence-electron chi connectivity index (χ1n) is 7.81. The van der Waals surface area contributed by atoms with Gasteiger partial charge in [-0.3, -0.25) is 4.79 Å². The molecule has 2 fully saturated rings. The number of aliphatic hydroxyl groups is 1. The molecule has 114 valence electrons. The minimum Gasteiger partial charge on any atom is -0.395 e. The van der Waals surface area contributed by atoms with Gasteiger partial charge in [0.05, 0.1) is 6.61 Å². The molecule has 0 radical (unpaired) electrons. The Bertz CT molecular complexity index is 506. The van der Waals surface area contributed by atoms with Gasteiger partial charge in [0.25, 0.3) is 0 Å². The van der Waals surface area contributed by atoms with Crippen LogP contribution >= 0.6 is 11.6 Å². The maximum absolute atomic E-state index is 12.0. The summed E-state index contributed by atoms with van der Waals surface area (Å²) in [6.45, 7) is 0.554. The number of amides is 1. The zero-order valence-electron chi connectivity index (χ0n) is 12.2. The number of benzene rings is 1. The van der Waals surface area contributed by atoms with E-state index in [1.54, 1.807) is 0 Å². The summed E-state index contributed by atoms with van der Waals surface area (Å²) in [6.07, 6.45) is 5.91. The summed E-state index contributed by atoms with van der Waals surface area (Å²) < 4.78 is 0. The summed E-state index contributed by atoms with van der Waals surface area (Å²) in [4.78, 5) is 14.0. The van der Waals surface area contributed by atoms with Crippen LogP contribution < -0.4 is 0 Å². The Kier molecular flexibility index (Phi) is 4.23. The van der Waals surface area contributed by atoms with Crippen LogP contribution in [0, 0.1) is 0 Å². The topological polar surface area (TPSA) is 40.5 Å². The molecule has 1 saturated carbocycles. The minimum absolute atomic E-state index is 0.0166. The maximum atomic E-state index is 12.0. The van der Waals surface area contributed by atoms with Crippen LogP contribution in [0.25, 0.3) is 0 Å². The molecule has 1 heterocycles. The third kappa shape index (κ3) is 2.82. The number of aliphatic hydroxyl groups excluding tert-OH is 1. The standard InChI is InChI=1S/C17H22ClNO2/c18-15-3-1-13(2-4-15)14-5-8-17(9-6-14)10-7-16(21)19(17)11-12-20/h1-4,14,20H,5-12H2. The van der Waals surface area contributed by atoms with Crippen molar-refractivity contribution in [2.45, 2.75) is 50.0 Å². The Hall–Kier alpha value is -1.06. The van der Waals surface area contributed by atoms with Crippen LogP contribution in [-0.4, -0.2) is 34.6 Å². The maximum Gasteiger partial charge on any atom is 0.223 e. The normalized spacial score (nSPS) is 29.3. The Morgan fingerprint density at radius 1 is 1.19 bits per heavy atom. The summed E-state index contributed by atoms with van der Waals surface area (Å²) in [7, 11) is 0. The molecule has 2 aliphatic rings. The molecule has 1 saturated heterocycles. The van der Waals surface area contributed by atoms with E-state index in [1.165, 1.54) is 5.56 Å². The van der Waals surface area contributed by atoms with E-state index in [1.807, 2.05) is 17.0 Å². The lowest BCUT2D eigenvalue weighted by molar-refractivity contribution is -0.132. The average Bonchev–Trinajstić information content (AvgIpc) is 2.79. The number of likely N-dealkylation sites (tertiary alicyclic amines) is 1. The SMILES string of the molecule is O=C1CCC2(CCC(c3ccc(Cl)cc3)CC2)N1CCO. The van der Waals surface area contributed by atoms with Crippen molar-refractivity contribution in [3.05, 3.63) is 34.9 Å². The van der Waals surface area contributed by atoms with Crippen molar-refractivity contribution in [1.82, 2.24) is 4.90 Å². The molecule has 1 aromatic rings. The summed E-state index contributed by atoms with van der Waals surface area (Å²) >= 11 is 5.95. The average molecular weight is 308 g/mol. The van der Waals surface area contributed by atoms with Crippen LogP contribution in [0.5, 0.6) is 0 Å². The van der Waals surface area contributed by atoms with Gasteiger partial charge in [-0.25, -0.2) is 0 Å². The fraction of sp³-hybridized carbons (Fsp3) is 0.588. The quantitative estimate of drug-likeness (QED) is 0.930. The fourth-order valence-corrected chi connectivity index (χ4v) is 4.21. The molecule has 1 N–H and O–H groups in total. The number of β-amino-alcohol motifs (C(OH)–C–C–N with tert-alkyl or cyclic N) is 1. The Balaban J connectivity index is 1.69. The molecule has 1 spiro atoms. The third-order valence-electron chi connectivity index (χ3n) is 5.26. The molecule has 21 heavy (non-hydrogen) atoms. The highest BCUT2D eigenvalue weighted by atomic mass is 35.5. The molecular weight excluding hydrogens is 286 g/mol. The summed E-state index contributed by atoms with van der Waals surface area (Å²) in [5.41, 5.74) is 1.37. The number of hydrogen-bond donors (Lipinski definition) is 1. The van der Waals surface area contributed by atoms with E-state index >= 15 is 0 Å². The fourth-order valence-electron chi connectivity index (χ4n) is 4.08. The van der Waals surface area contributed by atoms with Crippen molar-refractivity contribution in [1.29, 1.82) is 0 Å². The first-order chi connectivity index (χ1) is 10.1. The molecule has 3 nitrogen and oxygen atoms in total. The van der Waals surface area contributed by atoms with E-state index in [9.17, 15) is 9.90 Å². The van der Waals surface area contributed by atoms with Crippen LogP contribution in [0.3, 0.4) is 0 Å². The Morgan fingerprint density at radius 2 is 1.86 bits per heavy atom. The van der Waals surface area contributed by atoms with Gasteiger partial charge in [-0.15, -0.1) is 0 Å². The molecule has 0 unspecified atom stereocenters. The van der Waals surface area contributed by atoms with Crippen molar-refractivity contribution in [2.24, 2.45) is 0 Å². The molecule has 0 atom stereocenters. The molecule has 3 rings (SSSR count). The molecule has 1 amide bonds. The number of hydrogen-bond acceptors (Lipinski definition) is 2. The summed E-state index contributed by atoms with van der Waals surface area (Å²) in [5.74, 6) is 0.786. The number of nitrogens with zero attached hydrogens (tertiary/aromatic N) is 1. The van der Waals surface area contributed by atoms with Crippen molar-refractivity contribution in [3.63, 3.8) is 0 Å². The summed E-state index contributed by atoms with van der Waals surface area (Å²) in [6, 6.07) is 8.16. The minimum atomic E-state index is 0.0166. The van der Waals surface area contributed by atoms with Crippen LogP contribution in [0.1, 0.15) is 50.0 Å². The van der Waals surface area contributed by atoms with Crippen molar-refractivity contribution in [3.8, 4) is 0 Å². The van der Waals surface area contributed by atoms with E-state index in [0.29, 0.717) is 18.9 Å². The van der Waals surface area contributed by atoms with Crippen molar-refractivity contribution >= 4 is 17.5 Å². The van der Waals surface area contributed by atoms with Gasteiger partial charge in [0.2, 0.25) is 5.91 Å². The number of rotatable bonds is 3. The predicted molar refractivity (Wildman–Crippen MR) is 83.4 cm³/mol. The van der Waals surface area contributed by atoms with Gasteiger partial charge in [0.1, 0.15) is 0 Å². The molecule has 1 aliphatic heterocycles. The van der Waals surface area contributed by atoms with E-state index in [2.05, 4.69) is 12.1 Å². The van der Waals surface area contributed by atoms with E-state index in [-0.39, 0.29) is 18.1 Å². The van der Waals surface area contributed by atoms with Crippen LogP contribution in [0.2, 0.25) is 5.02 Å². The highest BCUT2D eigenvalue weighted by Gasteiger charge is 2.46. The van der Waals surface area contributed by atoms with Crippen LogP contribution in [0.4, 0.5) is 0 Å². The second kappa shape index (κ2) is 5.98. The third-order valence-corrected chi connectivity index (χ3v) is 5.51. The molecule has 1 aliphatic carbocycles. The summed E-state index contributed by atoms with van der Waals surface area (Å²) in [5, 5.41) is 9.99. The highest BCUT2D eigenvalue weighted by molar-refractivity contribution is 6.30. The predicted octanol–water partition coefficient (Wildman–Crippen LogP) is 3.35. The second-order valence-corrected chi connectivity index (χ2v) is 6.76. The van der Waals surface area contributed by atoms with Crippen molar-refractivity contribution < 1.29 is 9.90 Å². The number of carbonyl (C=O) groups is 1. The van der Waals surface area contributed by atoms with Gasteiger partial charge in [-0.05, 0) is 55.7 Å². The molecular formula is C17H22ClNO2. The van der Waals surface area contributed by atoms with Crippen LogP contribution in [0.15, 0.2) is 24.3 Å². The lowest BCUT2D eigenvalue weighted by Crippen LogP contribution is -2.49. The number of halogens is 1. The van der Waals surface area contributed by atoms with E-state index in [4.69, 9.17) is 11.6 Å². The van der Waals surface area contributed by atoms with Gasteiger partial charge < -0.3 is 10.0 Å². The first kappa shape index (κ1) is 14.9. The van der Waals surface area contributed by atoms with Gasteiger partial charge in [-0.2, -0.15) is 0 Å². The monoisotopic (exact) mass is 307 g/mol. The van der Waals surface area contributed by atoms with Gasteiger partial charge in [0.15, 0.2) is 0 Å². The molecule has 1 aromatic carbocycles. The molecule has 0 aromatic heterocycles. The first-order valence-corrected chi connectivity index (χ1v) is 8.19. The number of carbonyl (C=O) groups excluding carboxylic acids is 1. The smallest absolute Gasteiger partial charge is 0.223 e. The van der Waals surface area contributed by atoms with Gasteiger partial charge >= 0.3 is 0 Å². The van der Waals surface area contributed by atoms with Crippen molar-refractivity contribution in [2.75, 3.05) is 13.2 Å². The second-order valence-electron chi connectivity index (χ2n) is 6.32. The van der Waals surface area contributed by atoms with Gasteiger partial charge in [-0.1, -0.05) is 23.7 Å². The molecule has 0 bridgehead atoms. The van der Waals surface area contributed by atoms with Crippen LogP contribution in [-0.2, 0) is 4.79 Å². The Morgan fingerprint density at radius 3 is 2.48 bits per heavy atom. The van der Waals surface area contributed by atoms with E-state index in [0.717, 1.165) is 37.1 Å². The largest absolute Gasteiger partial charge is 0.395 e. The zero-order valence-corrected chi connectivity index (χ0v) is 13.0. The van der Waals surface area contributed by atoms with Gasteiger partial charge in [0, 0.05) is 23.5 Å². The zero-order chi connectivity index (χ0) is 14.9. The lowest BCUT2D eigenvalue weighted by Gasteiger charge is -2.43. The molecule has 4 heteroatoms. The Labute approximate surface area is 130 Å². The lowest BCUT2D eigenvalue weighted by atomic mass is 9.73. The highest BCUT2D eigenvalue weighted by Crippen LogP contribution is 2.46.